The Kier molecular flexibility index (Phi) is 7.05. The molecule has 3 heteroatoms. The number of nitrogens with zero attached hydrogens (tertiary/aromatic N) is 1. The molecule has 1 aliphatic rings. The van der Waals surface area contributed by atoms with Crippen molar-refractivity contribution in [1.82, 2.24) is 10.2 Å². The molecule has 1 heterocycles. The Bertz CT molecular complexity index is 199. The van der Waals surface area contributed by atoms with Crippen LogP contribution in [0.15, 0.2) is 0 Å². The van der Waals surface area contributed by atoms with Gasteiger partial charge in [-0.05, 0) is 18.8 Å². The number of alkyl halides is 1. The average molecular weight is 244 g/mol. The van der Waals surface area contributed by atoms with E-state index in [-0.39, 0.29) is 6.67 Å². The molecule has 2 nitrogen and oxygen atoms in total. The van der Waals surface area contributed by atoms with E-state index in [9.17, 15) is 4.39 Å². The summed E-state index contributed by atoms with van der Waals surface area (Å²) >= 11 is 0. The quantitative estimate of drug-likeness (QED) is 0.741. The number of halogens is 1. The smallest absolute Gasteiger partial charge is 0.0906 e. The standard InChI is InChI=1S/C14H29FN2/c1-4-7-13-10-16-14(12(3)5-2)11-17(13)9-6-8-15/h12-14,16H,4-11H2,1-3H3. The minimum absolute atomic E-state index is 0.184. The summed E-state index contributed by atoms with van der Waals surface area (Å²) in [5.74, 6) is 0.713. The van der Waals surface area contributed by atoms with E-state index in [4.69, 9.17) is 0 Å². The Morgan fingerprint density at radius 2 is 2.18 bits per heavy atom. The summed E-state index contributed by atoms with van der Waals surface area (Å²) in [5.41, 5.74) is 0. The number of hydrogen-bond acceptors (Lipinski definition) is 2. The first-order valence-corrected chi connectivity index (χ1v) is 7.26. The zero-order valence-corrected chi connectivity index (χ0v) is 11.7. The zero-order chi connectivity index (χ0) is 12.7. The predicted molar refractivity (Wildman–Crippen MR) is 72.1 cm³/mol. The van der Waals surface area contributed by atoms with Gasteiger partial charge >= 0.3 is 0 Å². The molecular weight excluding hydrogens is 215 g/mol. The first kappa shape index (κ1) is 14.9. The Hall–Kier alpha value is -0.150. The fourth-order valence-electron chi connectivity index (χ4n) is 2.70. The van der Waals surface area contributed by atoms with Crippen LogP contribution in [0.3, 0.4) is 0 Å². The molecular formula is C14H29FN2. The fraction of sp³-hybridized carbons (Fsp3) is 1.00. The number of piperazine rings is 1. The molecule has 1 fully saturated rings. The molecule has 3 atom stereocenters. The number of nitrogens with one attached hydrogen (secondary N) is 1. The summed E-state index contributed by atoms with van der Waals surface area (Å²) in [4.78, 5) is 2.51. The molecule has 1 N–H and O–H groups in total. The van der Waals surface area contributed by atoms with E-state index in [2.05, 4.69) is 31.0 Å². The molecule has 1 rings (SSSR count). The molecule has 17 heavy (non-hydrogen) atoms. The van der Waals surface area contributed by atoms with Gasteiger partial charge in [0.1, 0.15) is 0 Å². The highest BCUT2D eigenvalue weighted by Gasteiger charge is 2.28. The summed E-state index contributed by atoms with van der Waals surface area (Å²) in [6, 6.07) is 1.21. The fourth-order valence-corrected chi connectivity index (χ4v) is 2.70. The molecule has 0 bridgehead atoms. The minimum atomic E-state index is -0.184. The average Bonchev–Trinajstić information content (AvgIpc) is 2.37. The second kappa shape index (κ2) is 8.04. The summed E-state index contributed by atoms with van der Waals surface area (Å²) < 4.78 is 12.3. The lowest BCUT2D eigenvalue weighted by Gasteiger charge is -2.42. The van der Waals surface area contributed by atoms with E-state index in [0.717, 1.165) is 19.6 Å². The topological polar surface area (TPSA) is 15.3 Å². The van der Waals surface area contributed by atoms with Crippen molar-refractivity contribution in [2.24, 2.45) is 5.92 Å². The Morgan fingerprint density at radius 3 is 2.76 bits per heavy atom. The molecule has 3 unspecified atom stereocenters. The van der Waals surface area contributed by atoms with Gasteiger partial charge in [0.2, 0.25) is 0 Å². The molecule has 102 valence electrons. The van der Waals surface area contributed by atoms with Crippen LogP contribution in [0.25, 0.3) is 0 Å². The van der Waals surface area contributed by atoms with Gasteiger partial charge in [-0.3, -0.25) is 9.29 Å². The normalized spacial score (nSPS) is 28.2. The third-order valence-electron chi connectivity index (χ3n) is 4.09. The van der Waals surface area contributed by atoms with Crippen LogP contribution in [0, 0.1) is 5.92 Å². The molecule has 0 aromatic carbocycles. The first-order chi connectivity index (χ1) is 8.22. The van der Waals surface area contributed by atoms with Crippen molar-refractivity contribution in [1.29, 1.82) is 0 Å². The molecule has 0 radical (unpaired) electrons. The second-order valence-electron chi connectivity index (χ2n) is 5.38. The first-order valence-electron chi connectivity index (χ1n) is 7.26. The second-order valence-corrected chi connectivity index (χ2v) is 5.38. The van der Waals surface area contributed by atoms with E-state index in [0.29, 0.717) is 24.4 Å². The van der Waals surface area contributed by atoms with Crippen LogP contribution in [0.2, 0.25) is 0 Å². The van der Waals surface area contributed by atoms with Gasteiger partial charge in [-0.15, -0.1) is 0 Å². The maximum Gasteiger partial charge on any atom is 0.0906 e. The number of hydrogen-bond donors (Lipinski definition) is 1. The third-order valence-corrected chi connectivity index (χ3v) is 4.09. The van der Waals surface area contributed by atoms with Crippen LogP contribution >= 0.6 is 0 Å². The Morgan fingerprint density at radius 1 is 1.41 bits per heavy atom. The summed E-state index contributed by atoms with van der Waals surface area (Å²) in [7, 11) is 0. The SMILES string of the molecule is CCCC1CNC(C(C)CC)CN1CCCF. The van der Waals surface area contributed by atoms with Gasteiger partial charge in [0.25, 0.3) is 0 Å². The van der Waals surface area contributed by atoms with Crippen LogP contribution in [-0.2, 0) is 0 Å². The molecule has 0 aromatic heterocycles. The summed E-state index contributed by atoms with van der Waals surface area (Å²) in [6.45, 7) is 9.71. The Labute approximate surface area is 106 Å². The van der Waals surface area contributed by atoms with Crippen molar-refractivity contribution in [3.8, 4) is 0 Å². The van der Waals surface area contributed by atoms with E-state index in [1.807, 2.05) is 0 Å². The van der Waals surface area contributed by atoms with Crippen molar-refractivity contribution in [3.63, 3.8) is 0 Å². The maximum absolute atomic E-state index is 12.3. The Balaban J connectivity index is 2.49. The lowest BCUT2D eigenvalue weighted by Crippen LogP contribution is -2.58. The van der Waals surface area contributed by atoms with Crippen molar-refractivity contribution in [3.05, 3.63) is 0 Å². The van der Waals surface area contributed by atoms with Gasteiger partial charge < -0.3 is 5.32 Å². The lowest BCUT2D eigenvalue weighted by atomic mass is 9.94. The monoisotopic (exact) mass is 244 g/mol. The minimum Gasteiger partial charge on any atom is -0.311 e. The highest BCUT2D eigenvalue weighted by molar-refractivity contribution is 4.88. The predicted octanol–water partition coefficient (Wildman–Crippen LogP) is 2.83. The highest BCUT2D eigenvalue weighted by Crippen LogP contribution is 2.18. The van der Waals surface area contributed by atoms with Crippen LogP contribution in [0.1, 0.15) is 46.5 Å². The molecule has 1 aliphatic heterocycles. The number of rotatable bonds is 7. The third kappa shape index (κ3) is 4.55. The van der Waals surface area contributed by atoms with Crippen LogP contribution in [-0.4, -0.2) is 43.3 Å². The van der Waals surface area contributed by atoms with E-state index in [1.54, 1.807) is 0 Å². The summed E-state index contributed by atoms with van der Waals surface area (Å²) in [6.07, 6.45) is 4.35. The highest BCUT2D eigenvalue weighted by atomic mass is 19.1. The van der Waals surface area contributed by atoms with Gasteiger partial charge in [-0.2, -0.15) is 0 Å². The van der Waals surface area contributed by atoms with Crippen LogP contribution in [0.4, 0.5) is 4.39 Å². The lowest BCUT2D eigenvalue weighted by molar-refractivity contribution is 0.0995. The van der Waals surface area contributed by atoms with Crippen molar-refractivity contribution in [2.45, 2.75) is 58.5 Å². The van der Waals surface area contributed by atoms with Gasteiger partial charge in [0.15, 0.2) is 0 Å². The molecule has 0 aromatic rings. The maximum atomic E-state index is 12.3. The molecule has 0 aliphatic carbocycles. The molecule has 0 spiro atoms. The molecule has 0 amide bonds. The van der Waals surface area contributed by atoms with Crippen LogP contribution < -0.4 is 5.32 Å². The van der Waals surface area contributed by atoms with E-state index < -0.39 is 0 Å². The molecule has 0 saturated carbocycles. The van der Waals surface area contributed by atoms with Gasteiger partial charge in [-0.1, -0.05) is 33.6 Å². The largest absolute Gasteiger partial charge is 0.311 e. The summed E-state index contributed by atoms with van der Waals surface area (Å²) in [5, 5.41) is 3.68. The van der Waals surface area contributed by atoms with Crippen molar-refractivity contribution < 1.29 is 4.39 Å². The van der Waals surface area contributed by atoms with Crippen LogP contribution in [0.5, 0.6) is 0 Å². The van der Waals surface area contributed by atoms with Gasteiger partial charge in [0, 0.05) is 31.7 Å². The van der Waals surface area contributed by atoms with Crippen molar-refractivity contribution >= 4 is 0 Å². The van der Waals surface area contributed by atoms with Gasteiger partial charge in [0.05, 0.1) is 6.67 Å². The van der Waals surface area contributed by atoms with Crippen molar-refractivity contribution in [2.75, 3.05) is 26.3 Å². The van der Waals surface area contributed by atoms with E-state index in [1.165, 1.54) is 19.3 Å². The van der Waals surface area contributed by atoms with Gasteiger partial charge in [-0.25, -0.2) is 0 Å². The molecule has 1 saturated heterocycles. The zero-order valence-electron chi connectivity index (χ0n) is 11.7. The van der Waals surface area contributed by atoms with E-state index >= 15 is 0 Å².